The standard InChI is InChI=1S/C15H28N4O3S2.HI/c1-2-16-15(18-13-11-12-3-4-14(13)22-12)17-5-10-24(20,21)19-6-8-23-9-7-19;/h12-14H,2-11H2,1H3,(H2,16,17,18);1H. The van der Waals surface area contributed by atoms with Crippen molar-refractivity contribution >= 4 is 51.7 Å². The van der Waals surface area contributed by atoms with Gasteiger partial charge in [0.05, 0.1) is 30.5 Å². The van der Waals surface area contributed by atoms with Crippen LogP contribution in [-0.2, 0) is 14.8 Å². The average Bonchev–Trinajstić information content (AvgIpc) is 3.18. The van der Waals surface area contributed by atoms with Gasteiger partial charge in [0.15, 0.2) is 5.96 Å². The molecule has 7 nitrogen and oxygen atoms in total. The third-order valence-electron chi connectivity index (χ3n) is 4.75. The van der Waals surface area contributed by atoms with Crippen LogP contribution in [0, 0.1) is 0 Å². The Morgan fingerprint density at radius 1 is 1.32 bits per heavy atom. The monoisotopic (exact) mass is 504 g/mol. The third kappa shape index (κ3) is 5.85. The van der Waals surface area contributed by atoms with Crippen molar-refractivity contribution in [2.24, 2.45) is 4.99 Å². The first kappa shape index (κ1) is 21.5. The molecule has 3 saturated heterocycles. The van der Waals surface area contributed by atoms with E-state index in [9.17, 15) is 8.42 Å². The second-order valence-electron chi connectivity index (χ2n) is 6.45. The topological polar surface area (TPSA) is 83.0 Å². The van der Waals surface area contributed by atoms with Gasteiger partial charge in [0.25, 0.3) is 0 Å². The van der Waals surface area contributed by atoms with Gasteiger partial charge in [-0.05, 0) is 26.2 Å². The van der Waals surface area contributed by atoms with E-state index in [1.807, 2.05) is 18.7 Å². The van der Waals surface area contributed by atoms with E-state index in [1.165, 1.54) is 0 Å². The van der Waals surface area contributed by atoms with Crippen LogP contribution in [0.15, 0.2) is 4.99 Å². The number of rotatable bonds is 6. The lowest BCUT2D eigenvalue weighted by Gasteiger charge is -2.25. The zero-order chi connectivity index (χ0) is 17.0. The molecule has 3 aliphatic rings. The summed E-state index contributed by atoms with van der Waals surface area (Å²) in [5, 5.41) is 6.62. The maximum absolute atomic E-state index is 12.4. The molecule has 146 valence electrons. The number of aliphatic imine (C=N–C) groups is 1. The first-order valence-electron chi connectivity index (χ1n) is 8.84. The Kier molecular flexibility index (Phi) is 8.57. The van der Waals surface area contributed by atoms with Crippen molar-refractivity contribution in [3.8, 4) is 0 Å². The zero-order valence-corrected chi connectivity index (χ0v) is 18.6. The Hall–Kier alpha value is 0.220. The smallest absolute Gasteiger partial charge is 0.215 e. The molecule has 3 unspecified atom stereocenters. The molecular formula is C15H29IN4O3S2. The van der Waals surface area contributed by atoms with E-state index in [2.05, 4.69) is 15.6 Å². The van der Waals surface area contributed by atoms with E-state index < -0.39 is 10.0 Å². The lowest BCUT2D eigenvalue weighted by atomic mass is 9.96. The number of thioether (sulfide) groups is 1. The molecule has 0 aromatic carbocycles. The van der Waals surface area contributed by atoms with Gasteiger partial charge in [-0.3, -0.25) is 4.99 Å². The number of sulfonamides is 1. The van der Waals surface area contributed by atoms with Crippen LogP contribution in [-0.4, -0.2) is 80.4 Å². The number of guanidine groups is 1. The van der Waals surface area contributed by atoms with Crippen molar-refractivity contribution in [3.05, 3.63) is 0 Å². The molecule has 0 aliphatic carbocycles. The molecule has 3 fully saturated rings. The molecule has 25 heavy (non-hydrogen) atoms. The van der Waals surface area contributed by atoms with Gasteiger partial charge < -0.3 is 15.4 Å². The summed E-state index contributed by atoms with van der Waals surface area (Å²) in [7, 11) is -3.20. The van der Waals surface area contributed by atoms with Gasteiger partial charge in [-0.25, -0.2) is 12.7 Å². The molecule has 0 aromatic rings. The van der Waals surface area contributed by atoms with Crippen molar-refractivity contribution in [3.63, 3.8) is 0 Å². The van der Waals surface area contributed by atoms with Crippen molar-refractivity contribution < 1.29 is 13.2 Å². The number of fused-ring (bicyclic) bond motifs is 2. The number of hydrogen-bond acceptors (Lipinski definition) is 5. The summed E-state index contributed by atoms with van der Waals surface area (Å²) in [6.07, 6.45) is 3.92. The van der Waals surface area contributed by atoms with Gasteiger partial charge in [-0.15, -0.1) is 24.0 Å². The molecule has 2 bridgehead atoms. The SMILES string of the molecule is CCNC(=NCCS(=O)(=O)N1CCSCC1)NC1CC2CCC1O2.I. The lowest BCUT2D eigenvalue weighted by Crippen LogP contribution is -2.47. The maximum Gasteiger partial charge on any atom is 0.215 e. The fraction of sp³-hybridized carbons (Fsp3) is 0.933. The Morgan fingerprint density at radius 3 is 2.68 bits per heavy atom. The number of hydrogen-bond donors (Lipinski definition) is 2. The molecule has 3 aliphatic heterocycles. The molecule has 0 radical (unpaired) electrons. The second kappa shape index (κ2) is 9.95. The van der Waals surface area contributed by atoms with E-state index >= 15 is 0 Å². The van der Waals surface area contributed by atoms with Gasteiger partial charge in [-0.1, -0.05) is 0 Å². The maximum atomic E-state index is 12.4. The lowest BCUT2D eigenvalue weighted by molar-refractivity contribution is 0.0992. The van der Waals surface area contributed by atoms with Crippen LogP contribution < -0.4 is 10.6 Å². The summed E-state index contributed by atoms with van der Waals surface area (Å²) in [5.41, 5.74) is 0. The number of nitrogens with zero attached hydrogens (tertiary/aromatic N) is 2. The molecule has 3 heterocycles. The number of halogens is 1. The van der Waals surface area contributed by atoms with Crippen LogP contribution in [0.2, 0.25) is 0 Å². The summed E-state index contributed by atoms with van der Waals surface area (Å²) in [6, 6.07) is 0.289. The minimum absolute atomic E-state index is 0. The van der Waals surface area contributed by atoms with Crippen LogP contribution in [0.25, 0.3) is 0 Å². The molecule has 2 N–H and O–H groups in total. The highest BCUT2D eigenvalue weighted by Gasteiger charge is 2.41. The summed E-state index contributed by atoms with van der Waals surface area (Å²) in [6.45, 7) is 4.29. The van der Waals surface area contributed by atoms with E-state index in [-0.39, 0.29) is 48.4 Å². The molecule has 3 rings (SSSR count). The van der Waals surface area contributed by atoms with Gasteiger partial charge in [0.2, 0.25) is 10.0 Å². The Morgan fingerprint density at radius 2 is 2.08 bits per heavy atom. The fourth-order valence-electron chi connectivity index (χ4n) is 3.51. The zero-order valence-electron chi connectivity index (χ0n) is 14.6. The van der Waals surface area contributed by atoms with E-state index in [0.29, 0.717) is 25.2 Å². The fourth-order valence-corrected chi connectivity index (χ4v) is 5.97. The first-order valence-corrected chi connectivity index (χ1v) is 11.6. The van der Waals surface area contributed by atoms with Crippen molar-refractivity contribution in [1.82, 2.24) is 14.9 Å². The summed E-state index contributed by atoms with van der Waals surface area (Å²) in [5.74, 6) is 2.54. The summed E-state index contributed by atoms with van der Waals surface area (Å²) in [4.78, 5) is 4.47. The molecule has 3 atom stereocenters. The Balaban J connectivity index is 0.00000225. The van der Waals surface area contributed by atoms with Crippen LogP contribution in [0.4, 0.5) is 0 Å². The molecule has 0 amide bonds. The Bertz CT molecular complexity index is 555. The highest BCUT2D eigenvalue weighted by atomic mass is 127. The average molecular weight is 504 g/mol. The minimum Gasteiger partial charge on any atom is -0.373 e. The van der Waals surface area contributed by atoms with Crippen molar-refractivity contribution in [2.75, 3.05) is 43.4 Å². The molecule has 0 saturated carbocycles. The first-order chi connectivity index (χ1) is 11.6. The number of ether oxygens (including phenoxy) is 1. The third-order valence-corrected chi connectivity index (χ3v) is 7.55. The molecule has 0 aromatic heterocycles. The van der Waals surface area contributed by atoms with Crippen LogP contribution in [0.3, 0.4) is 0 Å². The quantitative estimate of drug-likeness (QED) is 0.317. The predicted octanol–water partition coefficient (Wildman–Crippen LogP) is 0.858. The predicted molar refractivity (Wildman–Crippen MR) is 114 cm³/mol. The molecular weight excluding hydrogens is 475 g/mol. The van der Waals surface area contributed by atoms with Gasteiger partial charge in [0.1, 0.15) is 0 Å². The summed E-state index contributed by atoms with van der Waals surface area (Å²) < 4.78 is 32.2. The van der Waals surface area contributed by atoms with E-state index in [4.69, 9.17) is 4.74 Å². The number of nitrogens with one attached hydrogen (secondary N) is 2. The molecule has 0 spiro atoms. The highest BCUT2D eigenvalue weighted by molar-refractivity contribution is 14.0. The van der Waals surface area contributed by atoms with E-state index in [1.54, 1.807) is 4.31 Å². The summed E-state index contributed by atoms with van der Waals surface area (Å²) >= 11 is 1.81. The van der Waals surface area contributed by atoms with E-state index in [0.717, 1.165) is 37.3 Å². The molecule has 10 heteroatoms. The van der Waals surface area contributed by atoms with Gasteiger partial charge >= 0.3 is 0 Å². The highest BCUT2D eigenvalue weighted by Crippen LogP contribution is 2.34. The normalized spacial score (nSPS) is 30.1. The van der Waals surface area contributed by atoms with Gasteiger partial charge in [-0.2, -0.15) is 11.8 Å². The van der Waals surface area contributed by atoms with Crippen LogP contribution >= 0.6 is 35.7 Å². The van der Waals surface area contributed by atoms with Gasteiger partial charge in [0, 0.05) is 31.1 Å². The van der Waals surface area contributed by atoms with Crippen molar-refractivity contribution in [2.45, 2.75) is 44.4 Å². The van der Waals surface area contributed by atoms with Crippen LogP contribution in [0.5, 0.6) is 0 Å². The largest absolute Gasteiger partial charge is 0.373 e. The minimum atomic E-state index is -3.20. The van der Waals surface area contributed by atoms with Crippen molar-refractivity contribution in [1.29, 1.82) is 0 Å². The second-order valence-corrected chi connectivity index (χ2v) is 9.76. The van der Waals surface area contributed by atoms with Crippen LogP contribution in [0.1, 0.15) is 26.2 Å². The Labute approximate surface area is 172 Å².